The van der Waals surface area contributed by atoms with Crippen LogP contribution in [0.2, 0.25) is 0 Å². The molecule has 18 heavy (non-hydrogen) atoms. The molecule has 0 aliphatic carbocycles. The molecule has 1 rings (SSSR count). The molecule has 0 aromatic rings. The summed E-state index contributed by atoms with van der Waals surface area (Å²) in [6, 6.07) is 0.196. The third-order valence-electron chi connectivity index (χ3n) is 3.45. The van der Waals surface area contributed by atoms with Crippen molar-refractivity contribution >= 4 is 15.7 Å². The lowest BCUT2D eigenvalue weighted by molar-refractivity contribution is -0.122. The highest BCUT2D eigenvalue weighted by Crippen LogP contribution is 2.21. The van der Waals surface area contributed by atoms with Gasteiger partial charge >= 0.3 is 0 Å². The molecule has 0 bridgehead atoms. The van der Waals surface area contributed by atoms with E-state index in [0.29, 0.717) is 12.8 Å². The fraction of sp³-hybridized carbons (Fsp3) is 0.923. The van der Waals surface area contributed by atoms with Crippen molar-refractivity contribution < 1.29 is 13.2 Å². The first-order chi connectivity index (χ1) is 8.43. The second kappa shape index (κ2) is 7.12. The third-order valence-corrected chi connectivity index (χ3v) is 5.29. The highest BCUT2D eigenvalue weighted by Gasteiger charge is 2.29. The smallest absolute Gasteiger partial charge is 0.220 e. The SMILES string of the molecule is CCCCCC(C)NC(=O)CC1CCS(=O)(=O)C1. The minimum absolute atomic E-state index is 0.00102. The maximum atomic E-state index is 11.7. The second-order valence-corrected chi connectivity index (χ2v) is 7.67. The first-order valence-electron chi connectivity index (χ1n) is 6.92. The van der Waals surface area contributed by atoms with Gasteiger partial charge in [-0.2, -0.15) is 0 Å². The molecule has 0 aromatic carbocycles. The van der Waals surface area contributed by atoms with Crippen molar-refractivity contribution in [1.29, 1.82) is 0 Å². The fourth-order valence-electron chi connectivity index (χ4n) is 2.40. The minimum Gasteiger partial charge on any atom is -0.354 e. The summed E-state index contributed by atoms with van der Waals surface area (Å²) >= 11 is 0. The summed E-state index contributed by atoms with van der Waals surface area (Å²) in [5, 5.41) is 2.96. The van der Waals surface area contributed by atoms with E-state index < -0.39 is 9.84 Å². The molecule has 4 nitrogen and oxygen atoms in total. The van der Waals surface area contributed by atoms with Crippen LogP contribution in [-0.4, -0.2) is 31.9 Å². The summed E-state index contributed by atoms with van der Waals surface area (Å²) < 4.78 is 22.6. The van der Waals surface area contributed by atoms with Crippen LogP contribution in [0.15, 0.2) is 0 Å². The number of carbonyl (C=O) groups excluding carboxylic acids is 1. The maximum absolute atomic E-state index is 11.7. The molecule has 0 saturated carbocycles. The van der Waals surface area contributed by atoms with Crippen LogP contribution in [0.25, 0.3) is 0 Å². The van der Waals surface area contributed by atoms with Gasteiger partial charge in [-0.3, -0.25) is 4.79 Å². The van der Waals surface area contributed by atoms with Crippen molar-refractivity contribution in [3.05, 3.63) is 0 Å². The lowest BCUT2D eigenvalue weighted by Gasteiger charge is -2.15. The molecular formula is C13H25NO3S. The number of unbranched alkanes of at least 4 members (excludes halogenated alkanes) is 2. The van der Waals surface area contributed by atoms with E-state index in [1.54, 1.807) is 0 Å². The summed E-state index contributed by atoms with van der Waals surface area (Å²) in [7, 11) is -2.87. The summed E-state index contributed by atoms with van der Waals surface area (Å²) in [4.78, 5) is 11.7. The monoisotopic (exact) mass is 275 g/mol. The van der Waals surface area contributed by atoms with Gasteiger partial charge in [-0.15, -0.1) is 0 Å². The van der Waals surface area contributed by atoms with Crippen LogP contribution in [0, 0.1) is 5.92 Å². The molecule has 1 aliphatic rings. The number of sulfone groups is 1. The third kappa shape index (κ3) is 5.85. The Hall–Kier alpha value is -0.580. The number of hydrogen-bond donors (Lipinski definition) is 1. The number of carbonyl (C=O) groups is 1. The molecule has 2 atom stereocenters. The normalized spacial score (nSPS) is 23.8. The Bertz CT molecular complexity index is 364. The highest BCUT2D eigenvalue weighted by molar-refractivity contribution is 7.91. The Morgan fingerprint density at radius 1 is 1.39 bits per heavy atom. The van der Waals surface area contributed by atoms with Gasteiger partial charge in [-0.25, -0.2) is 8.42 Å². The molecule has 2 unspecified atom stereocenters. The molecule has 1 amide bonds. The van der Waals surface area contributed by atoms with Gasteiger partial charge in [0.1, 0.15) is 0 Å². The Morgan fingerprint density at radius 2 is 2.11 bits per heavy atom. The summed E-state index contributed by atoms with van der Waals surface area (Å²) in [5.41, 5.74) is 0. The summed E-state index contributed by atoms with van der Waals surface area (Å²) in [6.45, 7) is 4.17. The van der Waals surface area contributed by atoms with E-state index >= 15 is 0 Å². The predicted molar refractivity (Wildman–Crippen MR) is 73.1 cm³/mol. The van der Waals surface area contributed by atoms with Crippen LogP contribution < -0.4 is 5.32 Å². The highest BCUT2D eigenvalue weighted by atomic mass is 32.2. The lowest BCUT2D eigenvalue weighted by Crippen LogP contribution is -2.33. The van der Waals surface area contributed by atoms with E-state index in [2.05, 4.69) is 12.2 Å². The van der Waals surface area contributed by atoms with E-state index in [4.69, 9.17) is 0 Å². The standard InChI is InChI=1S/C13H25NO3S/c1-3-4-5-6-11(2)14-13(15)9-12-7-8-18(16,17)10-12/h11-12H,3-10H2,1-2H3,(H,14,15). The number of nitrogens with one attached hydrogen (secondary N) is 1. The average molecular weight is 275 g/mol. The molecular weight excluding hydrogens is 250 g/mol. The van der Waals surface area contributed by atoms with Crippen molar-refractivity contribution in [2.24, 2.45) is 5.92 Å². The van der Waals surface area contributed by atoms with Gasteiger partial charge in [0.25, 0.3) is 0 Å². The Labute approximate surface area is 110 Å². The van der Waals surface area contributed by atoms with Crippen LogP contribution in [0.1, 0.15) is 52.4 Å². The Kier molecular flexibility index (Phi) is 6.12. The molecule has 1 saturated heterocycles. The summed E-state index contributed by atoms with van der Waals surface area (Å²) in [5.74, 6) is 0.459. The average Bonchev–Trinajstić information content (AvgIpc) is 2.58. The summed E-state index contributed by atoms with van der Waals surface area (Å²) in [6.07, 6.45) is 5.51. The molecule has 1 heterocycles. The zero-order chi connectivity index (χ0) is 13.6. The van der Waals surface area contributed by atoms with Crippen molar-refractivity contribution in [2.45, 2.75) is 58.4 Å². The quantitative estimate of drug-likeness (QED) is 0.722. The molecule has 0 aromatic heterocycles. The number of amides is 1. The maximum Gasteiger partial charge on any atom is 0.220 e. The van der Waals surface area contributed by atoms with E-state index in [9.17, 15) is 13.2 Å². The molecule has 0 radical (unpaired) electrons. The molecule has 1 aliphatic heterocycles. The largest absolute Gasteiger partial charge is 0.354 e. The first-order valence-corrected chi connectivity index (χ1v) is 8.75. The van der Waals surface area contributed by atoms with E-state index in [1.165, 1.54) is 12.8 Å². The molecule has 1 N–H and O–H groups in total. The van der Waals surface area contributed by atoms with Crippen LogP contribution in [0.3, 0.4) is 0 Å². The Morgan fingerprint density at radius 3 is 2.67 bits per heavy atom. The van der Waals surface area contributed by atoms with Gasteiger partial charge in [0.2, 0.25) is 5.91 Å². The molecule has 106 valence electrons. The number of hydrogen-bond acceptors (Lipinski definition) is 3. The van der Waals surface area contributed by atoms with Crippen molar-refractivity contribution in [3.8, 4) is 0 Å². The van der Waals surface area contributed by atoms with E-state index in [1.807, 2.05) is 6.92 Å². The van der Waals surface area contributed by atoms with Crippen molar-refractivity contribution in [3.63, 3.8) is 0 Å². The zero-order valence-corrected chi connectivity index (χ0v) is 12.3. The van der Waals surface area contributed by atoms with Crippen LogP contribution in [0.5, 0.6) is 0 Å². The molecule has 1 fully saturated rings. The topological polar surface area (TPSA) is 63.2 Å². The van der Waals surface area contributed by atoms with Gasteiger partial charge in [-0.05, 0) is 25.7 Å². The van der Waals surface area contributed by atoms with Crippen molar-refractivity contribution in [1.82, 2.24) is 5.32 Å². The second-order valence-electron chi connectivity index (χ2n) is 5.44. The van der Waals surface area contributed by atoms with Gasteiger partial charge in [-0.1, -0.05) is 26.2 Å². The van der Waals surface area contributed by atoms with Gasteiger partial charge in [0, 0.05) is 12.5 Å². The van der Waals surface area contributed by atoms with E-state index in [0.717, 1.165) is 12.8 Å². The van der Waals surface area contributed by atoms with Crippen LogP contribution in [0.4, 0.5) is 0 Å². The van der Waals surface area contributed by atoms with E-state index in [-0.39, 0.29) is 29.4 Å². The molecule has 0 spiro atoms. The van der Waals surface area contributed by atoms with Crippen molar-refractivity contribution in [2.75, 3.05) is 11.5 Å². The Balaban J connectivity index is 2.21. The van der Waals surface area contributed by atoms with Gasteiger partial charge in [0.15, 0.2) is 9.84 Å². The molecule has 5 heteroatoms. The minimum atomic E-state index is -2.87. The van der Waals surface area contributed by atoms with Crippen LogP contribution in [-0.2, 0) is 14.6 Å². The first kappa shape index (κ1) is 15.5. The van der Waals surface area contributed by atoms with Gasteiger partial charge in [0.05, 0.1) is 11.5 Å². The van der Waals surface area contributed by atoms with Crippen LogP contribution >= 0.6 is 0 Å². The number of rotatable bonds is 7. The lowest BCUT2D eigenvalue weighted by atomic mass is 10.0. The zero-order valence-electron chi connectivity index (χ0n) is 11.4. The fourth-order valence-corrected chi connectivity index (χ4v) is 4.26. The predicted octanol–water partition coefficient (Wildman–Crippen LogP) is 1.90. The van der Waals surface area contributed by atoms with Gasteiger partial charge < -0.3 is 5.32 Å².